The van der Waals surface area contributed by atoms with Crippen molar-refractivity contribution in [3.8, 4) is 0 Å². The average Bonchev–Trinajstić information content (AvgIpc) is 2.64. The number of aliphatic hydroxyl groups is 1. The third kappa shape index (κ3) is 3.95. The fourth-order valence-electron chi connectivity index (χ4n) is 4.09. The molecule has 1 saturated heterocycles. The quantitative estimate of drug-likeness (QED) is 0.843. The Bertz CT molecular complexity index is 266. The average molecular weight is 267 g/mol. The lowest BCUT2D eigenvalue weighted by molar-refractivity contribution is -0.00357. The minimum absolute atomic E-state index is 0.0758. The molecular formula is C17H33NO. The van der Waals surface area contributed by atoms with Gasteiger partial charge in [-0.25, -0.2) is 0 Å². The molecule has 112 valence electrons. The fraction of sp³-hybridized carbons (Fsp3) is 1.00. The van der Waals surface area contributed by atoms with Crippen LogP contribution in [0.25, 0.3) is 0 Å². The summed E-state index contributed by atoms with van der Waals surface area (Å²) in [5, 5.41) is 10.4. The second kappa shape index (κ2) is 7.08. The van der Waals surface area contributed by atoms with E-state index in [-0.39, 0.29) is 6.10 Å². The first-order chi connectivity index (χ1) is 9.11. The summed E-state index contributed by atoms with van der Waals surface area (Å²) in [5.74, 6) is 2.51. The van der Waals surface area contributed by atoms with Crippen molar-refractivity contribution in [3.05, 3.63) is 0 Å². The normalized spacial score (nSPS) is 38.4. The number of likely N-dealkylation sites (tertiary alicyclic amines) is 1. The molecular weight excluding hydrogens is 234 g/mol. The maximum absolute atomic E-state index is 10.4. The van der Waals surface area contributed by atoms with E-state index in [1.165, 1.54) is 51.6 Å². The highest BCUT2D eigenvalue weighted by Crippen LogP contribution is 2.34. The summed E-state index contributed by atoms with van der Waals surface area (Å²) in [6.45, 7) is 9.43. The van der Waals surface area contributed by atoms with E-state index in [0.717, 1.165) is 24.2 Å². The molecule has 1 N–H and O–H groups in total. The standard InChI is InChI=1S/C17H33NO/c1-4-14-6-5-10-18(11-9-14)16-12-15(13(2)3)7-8-17(16)19/h13-17,19H,4-12H2,1-3H3. The number of hydrogen-bond acceptors (Lipinski definition) is 2. The van der Waals surface area contributed by atoms with Crippen molar-refractivity contribution in [1.29, 1.82) is 0 Å². The summed E-state index contributed by atoms with van der Waals surface area (Å²) in [6.07, 6.45) is 8.77. The Labute approximate surface area is 119 Å². The Morgan fingerprint density at radius 3 is 2.58 bits per heavy atom. The van der Waals surface area contributed by atoms with Crippen LogP contribution >= 0.6 is 0 Å². The molecule has 2 aliphatic rings. The molecule has 2 nitrogen and oxygen atoms in total. The fourth-order valence-corrected chi connectivity index (χ4v) is 4.09. The maximum atomic E-state index is 10.4. The van der Waals surface area contributed by atoms with Gasteiger partial charge in [-0.15, -0.1) is 0 Å². The molecule has 0 bridgehead atoms. The minimum atomic E-state index is -0.0758. The number of nitrogens with zero attached hydrogens (tertiary/aromatic N) is 1. The Hall–Kier alpha value is -0.0800. The van der Waals surface area contributed by atoms with Crippen molar-refractivity contribution in [2.24, 2.45) is 17.8 Å². The van der Waals surface area contributed by atoms with Crippen molar-refractivity contribution < 1.29 is 5.11 Å². The molecule has 2 rings (SSSR count). The Kier molecular flexibility index (Phi) is 5.70. The van der Waals surface area contributed by atoms with Crippen LogP contribution in [0.2, 0.25) is 0 Å². The predicted octanol–water partition coefficient (Wildman–Crippen LogP) is 3.68. The van der Waals surface area contributed by atoms with Gasteiger partial charge in [0.15, 0.2) is 0 Å². The number of aliphatic hydroxyl groups excluding tert-OH is 1. The van der Waals surface area contributed by atoms with Gasteiger partial charge < -0.3 is 5.11 Å². The van der Waals surface area contributed by atoms with Crippen LogP contribution in [0.5, 0.6) is 0 Å². The SMILES string of the molecule is CCC1CCCN(C2CC(C(C)C)CCC2O)CC1. The molecule has 1 heterocycles. The van der Waals surface area contributed by atoms with Crippen molar-refractivity contribution >= 4 is 0 Å². The zero-order valence-corrected chi connectivity index (χ0v) is 13.1. The molecule has 0 aromatic rings. The molecule has 1 aliphatic carbocycles. The van der Waals surface area contributed by atoms with E-state index in [1.54, 1.807) is 0 Å². The van der Waals surface area contributed by atoms with Gasteiger partial charge in [-0.2, -0.15) is 0 Å². The van der Waals surface area contributed by atoms with E-state index >= 15 is 0 Å². The van der Waals surface area contributed by atoms with Gasteiger partial charge in [-0.3, -0.25) is 4.90 Å². The third-order valence-corrected chi connectivity index (χ3v) is 5.69. The molecule has 0 spiro atoms. The van der Waals surface area contributed by atoms with E-state index in [4.69, 9.17) is 0 Å². The first kappa shape index (κ1) is 15.3. The molecule has 1 saturated carbocycles. The van der Waals surface area contributed by atoms with Crippen LogP contribution in [-0.4, -0.2) is 35.2 Å². The van der Waals surface area contributed by atoms with Gasteiger partial charge in [-0.1, -0.05) is 27.2 Å². The number of hydrogen-bond donors (Lipinski definition) is 1. The smallest absolute Gasteiger partial charge is 0.0695 e. The lowest BCUT2D eigenvalue weighted by Gasteiger charge is -2.41. The maximum Gasteiger partial charge on any atom is 0.0695 e. The van der Waals surface area contributed by atoms with Gasteiger partial charge in [0.2, 0.25) is 0 Å². The van der Waals surface area contributed by atoms with Crippen molar-refractivity contribution in [2.75, 3.05) is 13.1 Å². The molecule has 1 aliphatic heterocycles. The summed E-state index contributed by atoms with van der Waals surface area (Å²) in [7, 11) is 0. The van der Waals surface area contributed by atoms with Gasteiger partial charge in [0, 0.05) is 6.04 Å². The van der Waals surface area contributed by atoms with E-state index in [9.17, 15) is 5.11 Å². The third-order valence-electron chi connectivity index (χ3n) is 5.69. The molecule has 0 radical (unpaired) electrons. The molecule has 0 amide bonds. The van der Waals surface area contributed by atoms with Gasteiger partial charge in [0.25, 0.3) is 0 Å². The first-order valence-corrected chi connectivity index (χ1v) is 8.54. The molecule has 2 heteroatoms. The first-order valence-electron chi connectivity index (χ1n) is 8.54. The van der Waals surface area contributed by atoms with Crippen LogP contribution in [0.15, 0.2) is 0 Å². The molecule has 4 unspecified atom stereocenters. The molecule has 2 fully saturated rings. The Morgan fingerprint density at radius 1 is 1.11 bits per heavy atom. The highest BCUT2D eigenvalue weighted by molar-refractivity contribution is 4.89. The predicted molar refractivity (Wildman–Crippen MR) is 81.2 cm³/mol. The van der Waals surface area contributed by atoms with E-state index in [0.29, 0.717) is 6.04 Å². The zero-order chi connectivity index (χ0) is 13.8. The van der Waals surface area contributed by atoms with Crippen LogP contribution < -0.4 is 0 Å². The lowest BCUT2D eigenvalue weighted by Crippen LogP contribution is -2.48. The van der Waals surface area contributed by atoms with E-state index < -0.39 is 0 Å². The van der Waals surface area contributed by atoms with Crippen LogP contribution in [-0.2, 0) is 0 Å². The lowest BCUT2D eigenvalue weighted by atomic mass is 9.77. The van der Waals surface area contributed by atoms with Crippen LogP contribution in [0, 0.1) is 17.8 Å². The topological polar surface area (TPSA) is 23.5 Å². The van der Waals surface area contributed by atoms with Crippen molar-refractivity contribution in [1.82, 2.24) is 4.90 Å². The van der Waals surface area contributed by atoms with Gasteiger partial charge in [0.05, 0.1) is 6.10 Å². The van der Waals surface area contributed by atoms with Crippen LogP contribution in [0.4, 0.5) is 0 Å². The van der Waals surface area contributed by atoms with Gasteiger partial charge in [-0.05, 0) is 69.4 Å². The van der Waals surface area contributed by atoms with Crippen LogP contribution in [0.3, 0.4) is 0 Å². The second-order valence-corrected chi connectivity index (χ2v) is 7.19. The zero-order valence-electron chi connectivity index (χ0n) is 13.1. The van der Waals surface area contributed by atoms with Gasteiger partial charge in [0.1, 0.15) is 0 Å². The second-order valence-electron chi connectivity index (χ2n) is 7.19. The number of rotatable bonds is 3. The van der Waals surface area contributed by atoms with Crippen molar-refractivity contribution in [2.45, 2.75) is 77.9 Å². The summed E-state index contributed by atoms with van der Waals surface area (Å²) in [5.41, 5.74) is 0. The monoisotopic (exact) mass is 267 g/mol. The molecule has 0 aromatic carbocycles. The largest absolute Gasteiger partial charge is 0.391 e. The van der Waals surface area contributed by atoms with E-state index in [2.05, 4.69) is 25.7 Å². The minimum Gasteiger partial charge on any atom is -0.391 e. The van der Waals surface area contributed by atoms with Crippen LogP contribution in [0.1, 0.15) is 65.7 Å². The molecule has 19 heavy (non-hydrogen) atoms. The summed E-state index contributed by atoms with van der Waals surface area (Å²) >= 11 is 0. The Morgan fingerprint density at radius 2 is 1.89 bits per heavy atom. The molecule has 0 aromatic heterocycles. The van der Waals surface area contributed by atoms with Crippen molar-refractivity contribution in [3.63, 3.8) is 0 Å². The Balaban J connectivity index is 1.94. The van der Waals surface area contributed by atoms with E-state index in [1.807, 2.05) is 0 Å². The summed E-state index contributed by atoms with van der Waals surface area (Å²) in [4.78, 5) is 2.62. The van der Waals surface area contributed by atoms with Gasteiger partial charge >= 0.3 is 0 Å². The molecule has 4 atom stereocenters. The highest BCUT2D eigenvalue weighted by Gasteiger charge is 2.34. The highest BCUT2D eigenvalue weighted by atomic mass is 16.3. The summed E-state index contributed by atoms with van der Waals surface area (Å²) in [6, 6.07) is 0.441. The summed E-state index contributed by atoms with van der Waals surface area (Å²) < 4.78 is 0.